The minimum atomic E-state index is -0.311. The van der Waals surface area contributed by atoms with Crippen LogP contribution in [0, 0.1) is 0 Å². The first-order chi connectivity index (χ1) is 11.7. The van der Waals surface area contributed by atoms with Crippen LogP contribution < -0.4 is 10.9 Å². The van der Waals surface area contributed by atoms with E-state index in [9.17, 15) is 9.59 Å². The highest BCUT2D eigenvalue weighted by molar-refractivity contribution is 5.96. The molecule has 4 nitrogen and oxygen atoms in total. The van der Waals surface area contributed by atoms with Crippen molar-refractivity contribution in [1.29, 1.82) is 0 Å². The molecule has 0 aliphatic rings. The normalized spacial score (nSPS) is 11.6. The minimum absolute atomic E-state index is 0.193. The van der Waals surface area contributed by atoms with Crippen molar-refractivity contribution in [2.75, 3.05) is 0 Å². The van der Waals surface area contributed by atoms with Gasteiger partial charge in [-0.05, 0) is 36.1 Å². The first-order valence-corrected chi connectivity index (χ1v) is 8.39. The van der Waals surface area contributed by atoms with Crippen molar-refractivity contribution < 1.29 is 9.59 Å². The third-order valence-electron chi connectivity index (χ3n) is 4.02. The maximum atomic E-state index is 12.4. The van der Waals surface area contributed by atoms with Gasteiger partial charge in [-0.15, -0.1) is 0 Å². The standard InChI is InChI=1S/C20H24N2O2/c1-3-8-18(16-9-6-5-7-10-16)20(24)22-21-19(23)17-13-11-15(4-2)12-14-17/h5-7,9-14,18H,3-4,8H2,1-2H3,(H,21,23)(H,22,24). The molecule has 0 aliphatic heterocycles. The molecule has 126 valence electrons. The van der Waals surface area contributed by atoms with Crippen molar-refractivity contribution in [3.05, 3.63) is 71.3 Å². The molecule has 24 heavy (non-hydrogen) atoms. The second kappa shape index (κ2) is 8.87. The molecule has 2 aromatic carbocycles. The van der Waals surface area contributed by atoms with Crippen molar-refractivity contribution in [2.45, 2.75) is 39.0 Å². The average molecular weight is 324 g/mol. The highest BCUT2D eigenvalue weighted by atomic mass is 16.2. The van der Waals surface area contributed by atoms with E-state index in [0.29, 0.717) is 5.56 Å². The van der Waals surface area contributed by atoms with Crippen LogP contribution in [0.3, 0.4) is 0 Å². The van der Waals surface area contributed by atoms with Gasteiger partial charge in [0.15, 0.2) is 0 Å². The van der Waals surface area contributed by atoms with E-state index < -0.39 is 0 Å². The lowest BCUT2D eigenvalue weighted by molar-refractivity contribution is -0.123. The maximum absolute atomic E-state index is 12.4. The SMILES string of the molecule is CCCC(C(=O)NNC(=O)c1ccc(CC)cc1)c1ccccc1. The molecular formula is C20H24N2O2. The number of hydrogen-bond acceptors (Lipinski definition) is 2. The highest BCUT2D eigenvalue weighted by Crippen LogP contribution is 2.21. The zero-order valence-corrected chi connectivity index (χ0v) is 14.2. The summed E-state index contributed by atoms with van der Waals surface area (Å²) in [5.41, 5.74) is 7.71. The Hall–Kier alpha value is -2.62. The summed E-state index contributed by atoms with van der Waals surface area (Å²) in [5.74, 6) is -0.769. The number of amides is 2. The van der Waals surface area contributed by atoms with E-state index in [2.05, 4.69) is 17.8 Å². The van der Waals surface area contributed by atoms with Gasteiger partial charge >= 0.3 is 0 Å². The molecule has 4 heteroatoms. The van der Waals surface area contributed by atoms with Crippen LogP contribution in [-0.4, -0.2) is 11.8 Å². The molecule has 0 radical (unpaired) electrons. The van der Waals surface area contributed by atoms with E-state index in [4.69, 9.17) is 0 Å². The van der Waals surface area contributed by atoms with Gasteiger partial charge in [0.05, 0.1) is 5.92 Å². The van der Waals surface area contributed by atoms with Crippen molar-refractivity contribution >= 4 is 11.8 Å². The van der Waals surface area contributed by atoms with E-state index in [1.807, 2.05) is 49.4 Å². The second-order valence-corrected chi connectivity index (χ2v) is 5.75. The van der Waals surface area contributed by atoms with Crippen molar-refractivity contribution in [3.8, 4) is 0 Å². The minimum Gasteiger partial charge on any atom is -0.273 e. The highest BCUT2D eigenvalue weighted by Gasteiger charge is 2.20. The Morgan fingerprint density at radius 2 is 1.58 bits per heavy atom. The van der Waals surface area contributed by atoms with E-state index in [0.717, 1.165) is 24.8 Å². The second-order valence-electron chi connectivity index (χ2n) is 5.75. The van der Waals surface area contributed by atoms with Gasteiger partial charge in [0.25, 0.3) is 5.91 Å². The van der Waals surface area contributed by atoms with E-state index in [-0.39, 0.29) is 17.7 Å². The van der Waals surface area contributed by atoms with Gasteiger partial charge in [-0.25, -0.2) is 0 Å². The van der Waals surface area contributed by atoms with Crippen LogP contribution in [0.15, 0.2) is 54.6 Å². The topological polar surface area (TPSA) is 58.2 Å². The largest absolute Gasteiger partial charge is 0.273 e. The first kappa shape index (κ1) is 17.7. The Kier molecular flexibility index (Phi) is 6.55. The fraction of sp³-hybridized carbons (Fsp3) is 0.300. The van der Waals surface area contributed by atoms with Crippen LogP contribution in [0.25, 0.3) is 0 Å². The van der Waals surface area contributed by atoms with Crippen LogP contribution >= 0.6 is 0 Å². The summed E-state index contributed by atoms with van der Waals surface area (Å²) in [7, 11) is 0. The third kappa shape index (κ3) is 4.69. The maximum Gasteiger partial charge on any atom is 0.269 e. The van der Waals surface area contributed by atoms with Crippen molar-refractivity contribution in [2.24, 2.45) is 0 Å². The number of nitrogens with one attached hydrogen (secondary N) is 2. The van der Waals surface area contributed by atoms with Crippen LogP contribution in [0.1, 0.15) is 54.1 Å². The molecule has 0 saturated heterocycles. The summed E-state index contributed by atoms with van der Waals surface area (Å²) in [4.78, 5) is 24.6. The van der Waals surface area contributed by atoms with Crippen LogP contribution in [-0.2, 0) is 11.2 Å². The molecule has 1 atom stereocenters. The molecule has 0 fully saturated rings. The first-order valence-electron chi connectivity index (χ1n) is 8.39. The summed E-state index contributed by atoms with van der Waals surface area (Å²) in [5, 5.41) is 0. The fourth-order valence-electron chi connectivity index (χ4n) is 2.59. The quantitative estimate of drug-likeness (QED) is 0.798. The molecular weight excluding hydrogens is 300 g/mol. The van der Waals surface area contributed by atoms with Gasteiger partial charge in [-0.3, -0.25) is 20.4 Å². The zero-order chi connectivity index (χ0) is 17.4. The summed E-state index contributed by atoms with van der Waals surface area (Å²) in [6.45, 7) is 4.10. The Balaban J connectivity index is 1.98. The Morgan fingerprint density at radius 1 is 0.917 bits per heavy atom. The molecule has 2 aromatic rings. The van der Waals surface area contributed by atoms with Gasteiger partial charge in [-0.2, -0.15) is 0 Å². The number of carbonyl (C=O) groups is 2. The van der Waals surface area contributed by atoms with Crippen LogP contribution in [0.2, 0.25) is 0 Å². The molecule has 1 unspecified atom stereocenters. The van der Waals surface area contributed by atoms with Crippen molar-refractivity contribution in [3.63, 3.8) is 0 Å². The van der Waals surface area contributed by atoms with Gasteiger partial charge in [0.2, 0.25) is 5.91 Å². The van der Waals surface area contributed by atoms with E-state index in [1.165, 1.54) is 5.56 Å². The molecule has 0 spiro atoms. The summed E-state index contributed by atoms with van der Waals surface area (Å²) in [6, 6.07) is 17.0. The van der Waals surface area contributed by atoms with Gasteiger partial charge in [-0.1, -0.05) is 62.7 Å². The summed E-state index contributed by atoms with van der Waals surface area (Å²) < 4.78 is 0. The van der Waals surface area contributed by atoms with Crippen LogP contribution in [0.5, 0.6) is 0 Å². The van der Waals surface area contributed by atoms with Gasteiger partial charge in [0.1, 0.15) is 0 Å². The molecule has 0 aliphatic carbocycles. The van der Waals surface area contributed by atoms with Crippen molar-refractivity contribution in [1.82, 2.24) is 10.9 Å². The van der Waals surface area contributed by atoms with Crippen LogP contribution in [0.4, 0.5) is 0 Å². The Bertz CT molecular complexity index is 666. The smallest absolute Gasteiger partial charge is 0.269 e. The molecule has 2 N–H and O–H groups in total. The number of rotatable bonds is 6. The molecule has 0 bridgehead atoms. The lowest BCUT2D eigenvalue weighted by Gasteiger charge is -2.17. The predicted octanol–water partition coefficient (Wildman–Crippen LogP) is 3.59. The number of carbonyl (C=O) groups excluding carboxylic acids is 2. The molecule has 2 rings (SSSR count). The molecule has 0 aromatic heterocycles. The lowest BCUT2D eigenvalue weighted by Crippen LogP contribution is -2.44. The number of hydrogen-bond donors (Lipinski definition) is 2. The average Bonchev–Trinajstić information content (AvgIpc) is 2.64. The third-order valence-corrected chi connectivity index (χ3v) is 4.02. The number of benzene rings is 2. The van der Waals surface area contributed by atoms with E-state index in [1.54, 1.807) is 12.1 Å². The Labute approximate surface area is 143 Å². The van der Waals surface area contributed by atoms with Gasteiger partial charge < -0.3 is 0 Å². The lowest BCUT2D eigenvalue weighted by atomic mass is 9.94. The predicted molar refractivity (Wildman–Crippen MR) is 95.5 cm³/mol. The summed E-state index contributed by atoms with van der Waals surface area (Å²) >= 11 is 0. The monoisotopic (exact) mass is 324 g/mol. The fourth-order valence-corrected chi connectivity index (χ4v) is 2.59. The van der Waals surface area contributed by atoms with Gasteiger partial charge in [0, 0.05) is 5.56 Å². The molecule has 0 heterocycles. The zero-order valence-electron chi connectivity index (χ0n) is 14.2. The van der Waals surface area contributed by atoms with E-state index >= 15 is 0 Å². The number of hydrazine groups is 1. The Morgan fingerprint density at radius 3 is 2.17 bits per heavy atom. The number of aryl methyl sites for hydroxylation is 1. The summed E-state index contributed by atoms with van der Waals surface area (Å²) in [6.07, 6.45) is 2.55. The molecule has 0 saturated carbocycles. The molecule has 2 amide bonds.